The first-order chi connectivity index (χ1) is 11.5. The van der Waals surface area contributed by atoms with Crippen LogP contribution in [0, 0.1) is 10.1 Å². The fraction of sp³-hybridized carbons (Fsp3) is 0.0556. The van der Waals surface area contributed by atoms with Crippen LogP contribution in [0.1, 0.15) is 11.1 Å². The number of nitro benzene ring substituents is 1. The van der Waals surface area contributed by atoms with Gasteiger partial charge in [0, 0.05) is 6.07 Å². The summed E-state index contributed by atoms with van der Waals surface area (Å²) in [6, 6.07) is 10.9. The Morgan fingerprint density at radius 2 is 1.75 bits per heavy atom. The minimum Gasteiger partial charge on any atom is -0.868 e. The van der Waals surface area contributed by atoms with Crippen molar-refractivity contribution in [2.75, 3.05) is 7.11 Å². The molecule has 0 N–H and O–H groups in total. The first kappa shape index (κ1) is 17.0. The number of nitrogens with zero attached hydrogens (tertiary/aromatic N) is 1. The molecular formula is C18H14NO5-. The van der Waals surface area contributed by atoms with Gasteiger partial charge in [-0.3, -0.25) is 14.9 Å². The molecule has 0 radical (unpaired) electrons. The van der Waals surface area contributed by atoms with Crippen LogP contribution in [-0.4, -0.2) is 17.8 Å². The van der Waals surface area contributed by atoms with E-state index in [1.54, 1.807) is 25.3 Å². The highest BCUT2D eigenvalue weighted by Crippen LogP contribution is 2.24. The molecule has 0 atom stereocenters. The van der Waals surface area contributed by atoms with Crippen molar-refractivity contribution in [2.24, 2.45) is 0 Å². The molecule has 0 aliphatic heterocycles. The van der Waals surface area contributed by atoms with Crippen molar-refractivity contribution in [3.05, 3.63) is 75.9 Å². The summed E-state index contributed by atoms with van der Waals surface area (Å²) in [5.74, 6) is -0.266. The lowest BCUT2D eigenvalue weighted by molar-refractivity contribution is -0.398. The van der Waals surface area contributed by atoms with Crippen LogP contribution in [0.3, 0.4) is 0 Å². The summed E-state index contributed by atoms with van der Waals surface area (Å²) in [5.41, 5.74) is 0.698. The maximum atomic E-state index is 11.8. The summed E-state index contributed by atoms with van der Waals surface area (Å²) in [4.78, 5) is 21.8. The lowest BCUT2D eigenvalue weighted by Crippen LogP contribution is -1.97. The summed E-state index contributed by atoms with van der Waals surface area (Å²) in [6.45, 7) is 0. The summed E-state index contributed by atoms with van der Waals surface area (Å²) in [7, 11) is 1.56. The highest BCUT2D eigenvalue weighted by atomic mass is 16.6. The molecule has 0 bridgehead atoms. The molecule has 0 saturated carbocycles. The Labute approximate surface area is 138 Å². The van der Waals surface area contributed by atoms with Gasteiger partial charge in [0.05, 0.1) is 12.0 Å². The van der Waals surface area contributed by atoms with E-state index in [0.29, 0.717) is 11.3 Å². The first-order valence-electron chi connectivity index (χ1n) is 6.99. The van der Waals surface area contributed by atoms with Gasteiger partial charge in [0.25, 0.3) is 5.69 Å². The summed E-state index contributed by atoms with van der Waals surface area (Å²) in [5, 5.41) is 22.0. The van der Waals surface area contributed by atoms with E-state index in [9.17, 15) is 20.0 Å². The van der Waals surface area contributed by atoms with Crippen LogP contribution >= 0.6 is 0 Å². The Balaban J connectivity index is 2.09. The summed E-state index contributed by atoms with van der Waals surface area (Å²) >= 11 is 0. The van der Waals surface area contributed by atoms with Crippen molar-refractivity contribution in [3.8, 4) is 11.5 Å². The SMILES string of the molecule is COc1cccc(/C=C/C(=O)/C=C/c2ccc([O-])c([N+](=O)[O-])c2)c1. The van der Waals surface area contributed by atoms with E-state index in [0.717, 1.165) is 17.7 Å². The number of rotatable bonds is 6. The van der Waals surface area contributed by atoms with E-state index in [1.807, 2.05) is 12.1 Å². The third-order valence-corrected chi connectivity index (χ3v) is 3.15. The van der Waals surface area contributed by atoms with E-state index in [1.165, 1.54) is 24.3 Å². The lowest BCUT2D eigenvalue weighted by atomic mass is 10.1. The smallest absolute Gasteiger partial charge is 0.262 e. The Morgan fingerprint density at radius 3 is 2.38 bits per heavy atom. The van der Waals surface area contributed by atoms with Crippen molar-refractivity contribution < 1.29 is 19.6 Å². The third kappa shape index (κ3) is 4.54. The number of ether oxygens (including phenoxy) is 1. The standard InChI is InChI=1S/C18H15NO5/c1-24-16-4-2-3-13(11-16)5-8-15(20)9-6-14-7-10-18(21)17(12-14)19(22)23/h2-12,21H,1H3/p-1/b8-5+,9-6+. The number of hydrogen-bond donors (Lipinski definition) is 0. The number of carbonyl (C=O) groups is 1. The molecule has 0 saturated heterocycles. The van der Waals surface area contributed by atoms with Crippen molar-refractivity contribution >= 4 is 23.6 Å². The second-order valence-electron chi connectivity index (χ2n) is 4.83. The Hall–Kier alpha value is -3.41. The monoisotopic (exact) mass is 324 g/mol. The highest BCUT2D eigenvalue weighted by Gasteiger charge is 2.06. The van der Waals surface area contributed by atoms with Crippen molar-refractivity contribution in [1.29, 1.82) is 0 Å². The van der Waals surface area contributed by atoms with Gasteiger partial charge in [0.2, 0.25) is 0 Å². The van der Waals surface area contributed by atoms with E-state index in [4.69, 9.17) is 4.74 Å². The van der Waals surface area contributed by atoms with Gasteiger partial charge in [-0.2, -0.15) is 0 Å². The molecule has 2 rings (SSSR count). The van der Waals surface area contributed by atoms with Crippen LogP contribution < -0.4 is 9.84 Å². The van der Waals surface area contributed by atoms with Crippen molar-refractivity contribution in [3.63, 3.8) is 0 Å². The second-order valence-corrected chi connectivity index (χ2v) is 4.83. The molecule has 6 nitrogen and oxygen atoms in total. The number of hydrogen-bond acceptors (Lipinski definition) is 5. The number of methoxy groups -OCH3 is 1. The molecule has 0 aliphatic rings. The van der Waals surface area contributed by atoms with Gasteiger partial charge in [-0.15, -0.1) is 0 Å². The largest absolute Gasteiger partial charge is 0.868 e. The van der Waals surface area contributed by atoms with Crippen LogP contribution in [0.4, 0.5) is 5.69 Å². The zero-order valence-electron chi connectivity index (χ0n) is 12.8. The predicted octanol–water partition coefficient (Wildman–Crippen LogP) is 2.97. The molecular weight excluding hydrogens is 310 g/mol. The molecule has 0 fully saturated rings. The molecule has 122 valence electrons. The molecule has 0 heterocycles. The summed E-state index contributed by atoms with van der Waals surface area (Å²) < 4.78 is 5.09. The van der Waals surface area contributed by atoms with E-state index in [2.05, 4.69) is 0 Å². The zero-order valence-corrected chi connectivity index (χ0v) is 12.8. The van der Waals surface area contributed by atoms with Gasteiger partial charge in [-0.25, -0.2) is 0 Å². The molecule has 0 aliphatic carbocycles. The molecule has 2 aromatic carbocycles. The Kier molecular flexibility index (Phi) is 5.46. The molecule has 2 aromatic rings. The van der Waals surface area contributed by atoms with Gasteiger partial charge in [0.15, 0.2) is 5.78 Å². The minimum absolute atomic E-state index is 0.285. The maximum absolute atomic E-state index is 11.8. The van der Waals surface area contributed by atoms with Crippen molar-refractivity contribution in [2.45, 2.75) is 0 Å². The second kappa shape index (κ2) is 7.73. The van der Waals surface area contributed by atoms with Gasteiger partial charge in [-0.05, 0) is 41.2 Å². The molecule has 0 unspecified atom stereocenters. The predicted molar refractivity (Wildman–Crippen MR) is 88.6 cm³/mol. The van der Waals surface area contributed by atoms with E-state index >= 15 is 0 Å². The van der Waals surface area contributed by atoms with Crippen LogP contribution in [0.5, 0.6) is 11.5 Å². The minimum atomic E-state index is -0.746. The number of allylic oxidation sites excluding steroid dienone is 2. The van der Waals surface area contributed by atoms with Crippen LogP contribution in [0.2, 0.25) is 0 Å². The first-order valence-corrected chi connectivity index (χ1v) is 6.99. The zero-order chi connectivity index (χ0) is 17.5. The van der Waals surface area contributed by atoms with Gasteiger partial charge in [0.1, 0.15) is 5.75 Å². The lowest BCUT2D eigenvalue weighted by Gasteiger charge is -2.05. The average molecular weight is 324 g/mol. The third-order valence-electron chi connectivity index (χ3n) is 3.15. The van der Waals surface area contributed by atoms with Crippen LogP contribution in [-0.2, 0) is 4.79 Å². The number of benzene rings is 2. The van der Waals surface area contributed by atoms with Gasteiger partial charge < -0.3 is 9.84 Å². The van der Waals surface area contributed by atoms with Gasteiger partial charge in [-0.1, -0.05) is 36.4 Å². The average Bonchev–Trinajstić information content (AvgIpc) is 2.59. The molecule has 0 aromatic heterocycles. The number of ketones is 1. The molecule has 0 amide bonds. The quantitative estimate of drug-likeness (QED) is 0.463. The molecule has 24 heavy (non-hydrogen) atoms. The maximum Gasteiger partial charge on any atom is 0.262 e. The topological polar surface area (TPSA) is 92.5 Å². The molecule has 0 spiro atoms. The van der Waals surface area contributed by atoms with E-state index < -0.39 is 16.4 Å². The fourth-order valence-corrected chi connectivity index (χ4v) is 1.94. The van der Waals surface area contributed by atoms with Crippen molar-refractivity contribution in [1.82, 2.24) is 0 Å². The summed E-state index contributed by atoms with van der Waals surface area (Å²) in [6.07, 6.45) is 5.71. The Bertz CT molecular complexity index is 824. The fourth-order valence-electron chi connectivity index (χ4n) is 1.94. The number of nitro groups is 1. The normalized spacial score (nSPS) is 11.0. The molecule has 6 heteroatoms. The van der Waals surface area contributed by atoms with Crippen LogP contribution in [0.25, 0.3) is 12.2 Å². The highest BCUT2D eigenvalue weighted by molar-refractivity contribution is 6.04. The van der Waals surface area contributed by atoms with Crippen LogP contribution in [0.15, 0.2) is 54.6 Å². The number of carbonyl (C=O) groups excluding carboxylic acids is 1. The Morgan fingerprint density at radius 1 is 1.08 bits per heavy atom. The van der Waals surface area contributed by atoms with Gasteiger partial charge >= 0.3 is 0 Å². The van der Waals surface area contributed by atoms with E-state index in [-0.39, 0.29) is 5.78 Å².